The van der Waals surface area contributed by atoms with E-state index in [9.17, 15) is 29.7 Å². The molecule has 0 aliphatic carbocycles. The molecule has 0 aromatic heterocycles. The van der Waals surface area contributed by atoms with E-state index in [4.69, 9.17) is 23.2 Å². The zero-order chi connectivity index (χ0) is 32.0. The van der Waals surface area contributed by atoms with E-state index in [0.29, 0.717) is 32.0 Å². The van der Waals surface area contributed by atoms with Gasteiger partial charge in [0.05, 0.1) is 16.7 Å². The number of carbonyl (C=O) groups is 3. The molecule has 3 aromatic carbocycles. The van der Waals surface area contributed by atoms with Crippen molar-refractivity contribution in [3.63, 3.8) is 0 Å². The van der Waals surface area contributed by atoms with Crippen LogP contribution in [0.15, 0.2) is 77.9 Å². The molecule has 15 heteroatoms. The summed E-state index contributed by atoms with van der Waals surface area (Å²) in [5.74, 6) is -0.437. The highest BCUT2D eigenvalue weighted by atomic mass is 35.5. The van der Waals surface area contributed by atoms with E-state index in [1.54, 1.807) is 68.4 Å². The van der Waals surface area contributed by atoms with Gasteiger partial charge < -0.3 is 10.2 Å². The van der Waals surface area contributed by atoms with Crippen molar-refractivity contribution in [3.05, 3.63) is 98.5 Å². The number of hydrogen-bond donors (Lipinski definition) is 3. The topological polar surface area (TPSA) is 161 Å². The number of carbonyl (C=O) groups excluding carboxylic acids is 3. The molecule has 4 rings (SSSR count). The van der Waals surface area contributed by atoms with Crippen LogP contribution in [0.1, 0.15) is 32.3 Å². The Morgan fingerprint density at radius 3 is 2.36 bits per heavy atom. The fraction of sp³-hybridized carbons (Fsp3) is 0.241. The Labute approximate surface area is 262 Å². The lowest BCUT2D eigenvalue weighted by molar-refractivity contribution is -0.384. The largest absolute Gasteiger partial charge is 0.347 e. The van der Waals surface area contributed by atoms with Crippen LogP contribution in [0.4, 0.5) is 26.7 Å². The minimum atomic E-state index is -1.17. The zero-order valence-electron chi connectivity index (χ0n) is 23.7. The molecule has 230 valence electrons. The fourth-order valence-electron chi connectivity index (χ4n) is 4.76. The lowest BCUT2D eigenvalue weighted by atomic mass is 9.99. The van der Waals surface area contributed by atoms with Crippen LogP contribution in [-0.4, -0.2) is 62.5 Å². The number of non-ortho nitro benzene ring substituents is 1. The van der Waals surface area contributed by atoms with Gasteiger partial charge in [-0.3, -0.25) is 25.0 Å². The number of nitrogens with zero attached hydrogens (tertiary/aromatic N) is 5. The van der Waals surface area contributed by atoms with E-state index in [-0.39, 0.29) is 25.1 Å². The predicted molar refractivity (Wildman–Crippen MR) is 166 cm³/mol. The van der Waals surface area contributed by atoms with Gasteiger partial charge in [0.1, 0.15) is 0 Å². The summed E-state index contributed by atoms with van der Waals surface area (Å²) >= 11 is 12.0. The summed E-state index contributed by atoms with van der Waals surface area (Å²) in [6.45, 7) is 3.52. The normalized spacial score (nSPS) is 15.8. The number of hydrazone groups is 1. The smallest absolute Gasteiger partial charge is 0.315 e. The number of nitro benzene ring substituents is 1. The highest BCUT2D eigenvalue weighted by Gasteiger charge is 2.55. The molecule has 1 atom stereocenters. The fourth-order valence-corrected chi connectivity index (χ4v) is 5.01. The Balaban J connectivity index is 1.45. The number of benzene rings is 3. The van der Waals surface area contributed by atoms with Gasteiger partial charge in [-0.1, -0.05) is 35.3 Å². The molecule has 1 heterocycles. The summed E-state index contributed by atoms with van der Waals surface area (Å²) in [7, 11) is 0. The van der Waals surface area contributed by atoms with Gasteiger partial charge in [0, 0.05) is 52.1 Å². The standard InChI is InChI=1S/C29H29Cl2N7O6/c1-29(2)26(37(42)27(40)33-22-12-8-20(30)9-13-22)36(23-14-10-21(31)11-15-23)28(41)35(29)16-4-7-25(39)34-32-18-19-5-3-6-24(17-19)38(43)44/h3,5-6,8-15,17-18,26,42H,4,7,16H2,1-2H3,(H,33,40)(H,34,39)/b32-18-. The first-order chi connectivity index (χ1) is 20.9. The van der Waals surface area contributed by atoms with E-state index in [2.05, 4.69) is 15.8 Å². The highest BCUT2D eigenvalue weighted by molar-refractivity contribution is 6.31. The summed E-state index contributed by atoms with van der Waals surface area (Å²) in [5.41, 5.74) is 2.36. The van der Waals surface area contributed by atoms with Gasteiger partial charge >= 0.3 is 12.1 Å². The molecule has 0 spiro atoms. The van der Waals surface area contributed by atoms with Crippen molar-refractivity contribution in [1.29, 1.82) is 0 Å². The maximum absolute atomic E-state index is 13.8. The Kier molecular flexibility index (Phi) is 10.0. The molecular weight excluding hydrogens is 613 g/mol. The van der Waals surface area contributed by atoms with E-state index in [1.807, 2.05) is 0 Å². The average molecular weight is 643 g/mol. The van der Waals surface area contributed by atoms with E-state index in [1.165, 1.54) is 34.2 Å². The quantitative estimate of drug-likeness (QED) is 0.105. The molecule has 3 aromatic rings. The molecule has 0 bridgehead atoms. The van der Waals surface area contributed by atoms with Crippen molar-refractivity contribution in [2.24, 2.45) is 5.10 Å². The molecule has 1 aliphatic heterocycles. The molecule has 3 N–H and O–H groups in total. The van der Waals surface area contributed by atoms with E-state index >= 15 is 0 Å². The lowest BCUT2D eigenvalue weighted by Gasteiger charge is -2.38. The van der Waals surface area contributed by atoms with Crippen molar-refractivity contribution in [2.45, 2.75) is 38.4 Å². The maximum atomic E-state index is 13.8. The van der Waals surface area contributed by atoms with Crippen LogP contribution in [0.5, 0.6) is 0 Å². The second kappa shape index (κ2) is 13.7. The summed E-state index contributed by atoms with van der Waals surface area (Å²) in [6, 6.07) is 17.1. The first kappa shape index (κ1) is 32.2. The Morgan fingerprint density at radius 2 is 1.73 bits per heavy atom. The number of hydrogen-bond acceptors (Lipinski definition) is 7. The van der Waals surface area contributed by atoms with Crippen molar-refractivity contribution in [3.8, 4) is 0 Å². The van der Waals surface area contributed by atoms with Gasteiger partial charge in [-0.2, -0.15) is 10.2 Å². The number of halogens is 2. The monoisotopic (exact) mass is 641 g/mol. The summed E-state index contributed by atoms with van der Waals surface area (Å²) in [4.78, 5) is 52.5. The summed E-state index contributed by atoms with van der Waals surface area (Å²) in [5, 5.41) is 29.9. The third-order valence-corrected chi connectivity index (χ3v) is 7.42. The molecule has 0 radical (unpaired) electrons. The predicted octanol–water partition coefficient (Wildman–Crippen LogP) is 6.10. The molecular formula is C29H29Cl2N7O6. The third-order valence-electron chi connectivity index (χ3n) is 6.92. The average Bonchev–Trinajstić information content (AvgIpc) is 3.18. The van der Waals surface area contributed by atoms with Crippen molar-refractivity contribution >= 4 is 64.4 Å². The van der Waals surface area contributed by atoms with Gasteiger partial charge in [0.15, 0.2) is 6.17 Å². The van der Waals surface area contributed by atoms with Gasteiger partial charge in [0.2, 0.25) is 5.91 Å². The molecule has 1 aliphatic rings. The number of anilines is 2. The zero-order valence-corrected chi connectivity index (χ0v) is 25.2. The Morgan fingerprint density at radius 1 is 1.09 bits per heavy atom. The number of rotatable bonds is 10. The molecule has 1 fully saturated rings. The van der Waals surface area contributed by atoms with Crippen molar-refractivity contribution in [2.75, 3.05) is 16.8 Å². The first-order valence-electron chi connectivity index (χ1n) is 13.4. The Bertz CT molecular complexity index is 1570. The van der Waals surface area contributed by atoms with Crippen LogP contribution < -0.4 is 15.6 Å². The summed E-state index contributed by atoms with van der Waals surface area (Å²) < 4.78 is 0. The SMILES string of the molecule is CC1(C)C(N(O)C(=O)Nc2ccc(Cl)cc2)N(c2ccc(Cl)cc2)C(=O)N1CCCC(=O)N/N=C\c1cccc([N+](=O)[O-])c1. The summed E-state index contributed by atoms with van der Waals surface area (Å²) in [6.07, 6.45) is 0.350. The number of nitrogens with one attached hydrogen (secondary N) is 2. The molecule has 13 nitrogen and oxygen atoms in total. The van der Waals surface area contributed by atoms with Gasteiger partial charge in [-0.05, 0) is 68.8 Å². The van der Waals surface area contributed by atoms with Gasteiger partial charge in [-0.25, -0.2) is 15.0 Å². The molecule has 1 saturated heterocycles. The minimum absolute atomic E-state index is 0.00234. The van der Waals surface area contributed by atoms with Crippen LogP contribution in [-0.2, 0) is 4.79 Å². The van der Waals surface area contributed by atoms with Crippen LogP contribution in [0.25, 0.3) is 0 Å². The highest BCUT2D eigenvalue weighted by Crippen LogP contribution is 2.38. The number of hydroxylamine groups is 2. The van der Waals surface area contributed by atoms with Gasteiger partial charge in [0.25, 0.3) is 5.69 Å². The van der Waals surface area contributed by atoms with E-state index < -0.39 is 34.6 Å². The second-order valence-corrected chi connectivity index (χ2v) is 11.2. The Hall–Kier alpha value is -4.72. The van der Waals surface area contributed by atoms with Crippen LogP contribution >= 0.6 is 23.2 Å². The molecule has 44 heavy (non-hydrogen) atoms. The van der Waals surface area contributed by atoms with Gasteiger partial charge in [-0.15, -0.1) is 0 Å². The van der Waals surface area contributed by atoms with Crippen molar-refractivity contribution < 1.29 is 24.5 Å². The maximum Gasteiger partial charge on any atom is 0.347 e. The van der Waals surface area contributed by atoms with E-state index in [0.717, 1.165) is 0 Å². The third kappa shape index (κ3) is 7.43. The van der Waals surface area contributed by atoms with Crippen molar-refractivity contribution in [1.82, 2.24) is 15.4 Å². The number of nitro groups is 1. The minimum Gasteiger partial charge on any atom is -0.315 e. The first-order valence-corrected chi connectivity index (χ1v) is 14.1. The number of amides is 5. The molecule has 0 saturated carbocycles. The molecule has 5 amide bonds. The van der Waals surface area contributed by atoms with Crippen LogP contribution in [0, 0.1) is 10.1 Å². The lowest BCUT2D eigenvalue weighted by Crippen LogP contribution is -2.58. The molecule has 1 unspecified atom stereocenters. The number of urea groups is 2. The van der Waals surface area contributed by atoms with Crippen LogP contribution in [0.3, 0.4) is 0 Å². The second-order valence-electron chi connectivity index (χ2n) is 10.3. The van der Waals surface area contributed by atoms with Crippen LogP contribution in [0.2, 0.25) is 10.0 Å².